The maximum atomic E-state index is 14.2. The van der Waals surface area contributed by atoms with Crippen molar-refractivity contribution in [2.45, 2.75) is 76.2 Å². The number of likely N-dealkylation sites (tertiary alicyclic amines) is 1. The third-order valence-electron chi connectivity index (χ3n) is 10.0. The van der Waals surface area contributed by atoms with Crippen LogP contribution in [0, 0.1) is 17.3 Å². The summed E-state index contributed by atoms with van der Waals surface area (Å²) in [6, 6.07) is 9.13. The predicted molar refractivity (Wildman–Crippen MR) is 144 cm³/mol. The van der Waals surface area contributed by atoms with Crippen LogP contribution in [-0.2, 0) is 17.4 Å². The number of hydrogen-bond donors (Lipinski definition) is 3. The van der Waals surface area contributed by atoms with Crippen LogP contribution in [0.3, 0.4) is 0 Å². The van der Waals surface area contributed by atoms with Gasteiger partial charge in [-0.1, -0.05) is 13.0 Å². The van der Waals surface area contributed by atoms with Gasteiger partial charge in [0.15, 0.2) is 0 Å². The van der Waals surface area contributed by atoms with Gasteiger partial charge in [-0.3, -0.25) is 9.69 Å². The molecule has 0 radical (unpaired) electrons. The van der Waals surface area contributed by atoms with Gasteiger partial charge in [-0.05, 0) is 111 Å². The minimum absolute atomic E-state index is 0.0538. The van der Waals surface area contributed by atoms with Crippen LogP contribution < -0.4 is 10.1 Å². The lowest BCUT2D eigenvalue weighted by atomic mass is 9.54. The molecule has 2 aromatic carbocycles. The normalized spacial score (nSPS) is 31.8. The Morgan fingerprint density at radius 1 is 1.12 bits per heavy atom. The van der Waals surface area contributed by atoms with Gasteiger partial charge in [0.1, 0.15) is 17.6 Å². The van der Waals surface area contributed by atoms with Crippen molar-refractivity contribution in [2.24, 2.45) is 17.3 Å². The maximum absolute atomic E-state index is 14.2. The standard InChI is InChI=1S/C31H37F3N2O4/c1-30-16-26(29-21-8-5-19(37)14-18(21)4-7-22(29)23(30)9-11-27(30)38)40-20-6-10-25(24(15-20)31(32,33)34)35-28(39)17-36-12-2-3-13-36/h5-6,8,10,14-15,22-23,26-27,29,37-38H,2-4,7,9,11-13,16-17H2,1H3,(H,35,39)/t22-,23-,26-,27-,29+,30-/m0/s1. The number of carbonyl (C=O) groups is 1. The molecule has 6 nitrogen and oxygen atoms in total. The third-order valence-corrected chi connectivity index (χ3v) is 10.0. The van der Waals surface area contributed by atoms with Crippen LogP contribution in [-0.4, -0.2) is 52.9 Å². The topological polar surface area (TPSA) is 82.0 Å². The molecular weight excluding hydrogens is 521 g/mol. The van der Waals surface area contributed by atoms with E-state index in [9.17, 15) is 28.2 Å². The zero-order valence-corrected chi connectivity index (χ0v) is 22.7. The van der Waals surface area contributed by atoms with Crippen LogP contribution in [0.25, 0.3) is 0 Å². The van der Waals surface area contributed by atoms with E-state index in [1.54, 1.807) is 12.1 Å². The number of halogens is 3. The van der Waals surface area contributed by atoms with E-state index in [-0.39, 0.29) is 41.0 Å². The maximum Gasteiger partial charge on any atom is 0.418 e. The lowest BCUT2D eigenvalue weighted by Crippen LogP contribution is -2.51. The van der Waals surface area contributed by atoms with E-state index in [0.29, 0.717) is 18.8 Å². The number of fused-ring (bicyclic) bond motifs is 5. The average molecular weight is 559 g/mol. The van der Waals surface area contributed by atoms with E-state index in [4.69, 9.17) is 4.74 Å². The molecule has 2 saturated carbocycles. The number of phenolic OH excluding ortho intramolecular Hbond substituents is 1. The van der Waals surface area contributed by atoms with Crippen molar-refractivity contribution in [2.75, 3.05) is 25.0 Å². The van der Waals surface area contributed by atoms with Crippen molar-refractivity contribution in [3.8, 4) is 11.5 Å². The van der Waals surface area contributed by atoms with E-state index in [2.05, 4.69) is 12.2 Å². The first-order valence-corrected chi connectivity index (χ1v) is 14.4. The molecule has 216 valence electrons. The molecule has 1 saturated heterocycles. The second-order valence-corrected chi connectivity index (χ2v) is 12.4. The number of nitrogens with zero attached hydrogens (tertiary/aromatic N) is 1. The van der Waals surface area contributed by atoms with Gasteiger partial charge in [0.05, 0.1) is 23.9 Å². The van der Waals surface area contributed by atoms with E-state index < -0.39 is 29.9 Å². The van der Waals surface area contributed by atoms with Crippen LogP contribution in [0.2, 0.25) is 0 Å². The van der Waals surface area contributed by atoms with Crippen LogP contribution in [0.1, 0.15) is 68.1 Å². The van der Waals surface area contributed by atoms with E-state index >= 15 is 0 Å². The number of rotatable bonds is 5. The van der Waals surface area contributed by atoms with Gasteiger partial charge in [0, 0.05) is 11.3 Å². The summed E-state index contributed by atoms with van der Waals surface area (Å²) in [7, 11) is 0. The molecule has 2 aromatic rings. The molecule has 1 heterocycles. The van der Waals surface area contributed by atoms with Gasteiger partial charge in [-0.15, -0.1) is 0 Å². The SMILES string of the molecule is C[C@]12C[C@H](Oc3ccc(NC(=O)CN4CCCC4)c(C(F)(F)F)c3)[C@@H]3c4ccc(O)cc4CC[C@H]3[C@@H]1CC[C@@H]2O. The quantitative estimate of drug-likeness (QED) is 0.438. The second kappa shape index (κ2) is 10.2. The highest BCUT2D eigenvalue weighted by atomic mass is 19.4. The monoisotopic (exact) mass is 558 g/mol. The molecule has 1 amide bonds. The Bertz CT molecular complexity index is 1280. The summed E-state index contributed by atoms with van der Waals surface area (Å²) in [5.41, 5.74) is 0.526. The number of carbonyl (C=O) groups excluding carboxylic acids is 1. The van der Waals surface area contributed by atoms with E-state index in [1.807, 2.05) is 11.0 Å². The molecule has 4 aliphatic rings. The number of hydrogen-bond acceptors (Lipinski definition) is 5. The second-order valence-electron chi connectivity index (χ2n) is 12.4. The molecule has 40 heavy (non-hydrogen) atoms. The highest BCUT2D eigenvalue weighted by Crippen LogP contribution is 2.61. The minimum Gasteiger partial charge on any atom is -0.508 e. The predicted octanol–water partition coefficient (Wildman–Crippen LogP) is 5.72. The van der Waals surface area contributed by atoms with Crippen LogP contribution >= 0.6 is 0 Å². The zero-order chi connectivity index (χ0) is 28.2. The Morgan fingerprint density at radius 2 is 1.90 bits per heavy atom. The fraction of sp³-hybridized carbons (Fsp3) is 0.581. The fourth-order valence-corrected chi connectivity index (χ4v) is 8.15. The number of benzene rings is 2. The molecule has 6 atom stereocenters. The molecule has 6 rings (SSSR count). The molecule has 0 aromatic heterocycles. The molecular formula is C31H37F3N2O4. The highest BCUT2D eigenvalue weighted by molar-refractivity contribution is 5.93. The molecule has 0 unspecified atom stereocenters. The van der Waals surface area contributed by atoms with Gasteiger partial charge >= 0.3 is 6.18 Å². The molecule has 9 heteroatoms. The number of alkyl halides is 3. The third kappa shape index (κ3) is 4.96. The van der Waals surface area contributed by atoms with E-state index in [0.717, 1.165) is 62.4 Å². The fourth-order valence-electron chi connectivity index (χ4n) is 8.15. The number of aliphatic hydroxyl groups excluding tert-OH is 1. The van der Waals surface area contributed by atoms with Crippen LogP contribution in [0.15, 0.2) is 36.4 Å². The van der Waals surface area contributed by atoms with Crippen molar-refractivity contribution in [1.82, 2.24) is 4.90 Å². The molecule has 3 N–H and O–H groups in total. The lowest BCUT2D eigenvalue weighted by molar-refractivity contribution is -0.137. The number of nitrogens with one attached hydrogen (secondary N) is 1. The molecule has 1 aliphatic heterocycles. The number of ether oxygens (including phenoxy) is 1. The summed E-state index contributed by atoms with van der Waals surface area (Å²) in [5, 5.41) is 23.5. The minimum atomic E-state index is -4.68. The van der Waals surface area contributed by atoms with Crippen molar-refractivity contribution in [1.29, 1.82) is 0 Å². The Morgan fingerprint density at radius 3 is 2.65 bits per heavy atom. The summed E-state index contributed by atoms with van der Waals surface area (Å²) in [6.07, 6.45) is 0.204. The van der Waals surface area contributed by atoms with Crippen molar-refractivity contribution in [3.63, 3.8) is 0 Å². The van der Waals surface area contributed by atoms with Gasteiger partial charge < -0.3 is 20.3 Å². The smallest absolute Gasteiger partial charge is 0.418 e. The largest absolute Gasteiger partial charge is 0.508 e. The number of anilines is 1. The Kier molecular flexibility index (Phi) is 7.02. The highest BCUT2D eigenvalue weighted by Gasteiger charge is 2.58. The van der Waals surface area contributed by atoms with Crippen LogP contribution in [0.4, 0.5) is 18.9 Å². The van der Waals surface area contributed by atoms with Gasteiger partial charge in [0.25, 0.3) is 0 Å². The van der Waals surface area contributed by atoms with Gasteiger partial charge in [-0.25, -0.2) is 0 Å². The first-order chi connectivity index (χ1) is 19.0. The Labute approximate surface area is 232 Å². The van der Waals surface area contributed by atoms with Crippen LogP contribution in [0.5, 0.6) is 11.5 Å². The number of aryl methyl sites for hydroxylation is 1. The van der Waals surface area contributed by atoms with E-state index in [1.165, 1.54) is 12.1 Å². The number of aromatic hydroxyl groups is 1. The molecule has 0 bridgehead atoms. The number of phenols is 1. The number of amides is 1. The Hall–Kier alpha value is -2.78. The Balaban J connectivity index is 1.31. The summed E-state index contributed by atoms with van der Waals surface area (Å²) < 4.78 is 49.0. The summed E-state index contributed by atoms with van der Waals surface area (Å²) >= 11 is 0. The molecule has 3 aliphatic carbocycles. The number of aliphatic hydroxyl groups is 1. The summed E-state index contributed by atoms with van der Waals surface area (Å²) in [5.74, 6) is 0.296. The van der Waals surface area contributed by atoms with Gasteiger partial charge in [0.2, 0.25) is 5.91 Å². The first kappa shape index (κ1) is 27.4. The summed E-state index contributed by atoms with van der Waals surface area (Å²) in [6.45, 7) is 3.70. The lowest BCUT2D eigenvalue weighted by Gasteiger charge is -2.53. The first-order valence-electron chi connectivity index (χ1n) is 14.4. The molecule has 0 spiro atoms. The molecule has 3 fully saturated rings. The van der Waals surface area contributed by atoms with Crippen molar-refractivity contribution < 1.29 is 32.9 Å². The van der Waals surface area contributed by atoms with Gasteiger partial charge in [-0.2, -0.15) is 13.2 Å². The summed E-state index contributed by atoms with van der Waals surface area (Å²) in [4.78, 5) is 14.5. The average Bonchev–Trinajstić information content (AvgIpc) is 3.51. The van der Waals surface area contributed by atoms with Crippen molar-refractivity contribution in [3.05, 3.63) is 53.1 Å². The zero-order valence-electron chi connectivity index (χ0n) is 22.7. The van der Waals surface area contributed by atoms with Crippen molar-refractivity contribution >= 4 is 11.6 Å².